The third kappa shape index (κ3) is 1.60. The lowest BCUT2D eigenvalue weighted by molar-refractivity contribution is 0.334. The first-order valence-corrected chi connectivity index (χ1v) is 4.59. The molecule has 0 atom stereocenters. The Morgan fingerprint density at radius 3 is 2.31 bits per heavy atom. The average molecular weight is 239 g/mol. The van der Waals surface area contributed by atoms with Gasteiger partial charge in [-0.25, -0.2) is 0 Å². The van der Waals surface area contributed by atoms with Crippen LogP contribution in [0.5, 0.6) is 5.95 Å². The first-order valence-electron chi connectivity index (χ1n) is 3.80. The monoisotopic (exact) mass is 238 g/mol. The zero-order chi connectivity index (χ0) is 9.26. The van der Waals surface area contributed by atoms with Gasteiger partial charge >= 0.3 is 0 Å². The molecule has 0 bridgehead atoms. The molecule has 3 heteroatoms. The molecule has 1 N–H and O–H groups in total. The van der Waals surface area contributed by atoms with E-state index in [0.717, 1.165) is 10.0 Å². The molecule has 2 rings (SSSR count). The van der Waals surface area contributed by atoms with Crippen LogP contribution in [-0.4, -0.2) is 5.11 Å². The van der Waals surface area contributed by atoms with E-state index in [0.29, 0.717) is 5.56 Å². The van der Waals surface area contributed by atoms with Gasteiger partial charge in [0, 0.05) is 4.47 Å². The van der Waals surface area contributed by atoms with E-state index in [4.69, 9.17) is 4.42 Å². The standard InChI is InChI=1S/C10H7BrO2/c11-8-3-1-7(2-4-8)9-5-6-13-10(9)12/h1-6,12H. The minimum atomic E-state index is -0.0395. The van der Waals surface area contributed by atoms with E-state index in [-0.39, 0.29) is 5.95 Å². The van der Waals surface area contributed by atoms with Crippen LogP contribution in [0.1, 0.15) is 0 Å². The lowest BCUT2D eigenvalue weighted by Gasteiger charge is -1.97. The van der Waals surface area contributed by atoms with Crippen LogP contribution in [0.2, 0.25) is 0 Å². The fourth-order valence-corrected chi connectivity index (χ4v) is 1.41. The Morgan fingerprint density at radius 2 is 1.77 bits per heavy atom. The summed E-state index contributed by atoms with van der Waals surface area (Å²) < 4.78 is 5.81. The molecule has 1 aromatic heterocycles. The van der Waals surface area contributed by atoms with Crippen LogP contribution < -0.4 is 0 Å². The van der Waals surface area contributed by atoms with Gasteiger partial charge < -0.3 is 9.52 Å². The van der Waals surface area contributed by atoms with E-state index in [1.165, 1.54) is 6.26 Å². The summed E-state index contributed by atoms with van der Waals surface area (Å²) in [6.07, 6.45) is 1.46. The van der Waals surface area contributed by atoms with Gasteiger partial charge in [0.15, 0.2) is 0 Å². The molecule has 0 unspecified atom stereocenters. The molecule has 0 aliphatic rings. The third-order valence-corrected chi connectivity index (χ3v) is 2.33. The van der Waals surface area contributed by atoms with Crippen molar-refractivity contribution >= 4 is 15.9 Å². The number of rotatable bonds is 1. The number of hydrogen-bond acceptors (Lipinski definition) is 2. The smallest absolute Gasteiger partial charge is 0.289 e. The van der Waals surface area contributed by atoms with Crippen LogP contribution in [0.15, 0.2) is 45.5 Å². The van der Waals surface area contributed by atoms with Gasteiger partial charge in [0.2, 0.25) is 0 Å². The summed E-state index contributed by atoms with van der Waals surface area (Å²) in [4.78, 5) is 0. The quantitative estimate of drug-likeness (QED) is 0.827. The van der Waals surface area contributed by atoms with E-state index in [1.807, 2.05) is 24.3 Å². The van der Waals surface area contributed by atoms with Crippen molar-refractivity contribution in [1.82, 2.24) is 0 Å². The van der Waals surface area contributed by atoms with Crippen molar-refractivity contribution in [2.75, 3.05) is 0 Å². The summed E-state index contributed by atoms with van der Waals surface area (Å²) >= 11 is 3.34. The highest BCUT2D eigenvalue weighted by Crippen LogP contribution is 2.30. The van der Waals surface area contributed by atoms with Gasteiger partial charge in [-0.05, 0) is 23.8 Å². The molecule has 2 aromatic rings. The highest BCUT2D eigenvalue weighted by atomic mass is 79.9. The van der Waals surface area contributed by atoms with Crippen molar-refractivity contribution in [3.63, 3.8) is 0 Å². The van der Waals surface area contributed by atoms with E-state index in [9.17, 15) is 5.11 Å². The number of benzene rings is 1. The summed E-state index contributed by atoms with van der Waals surface area (Å²) in [6.45, 7) is 0. The molecular weight excluding hydrogens is 232 g/mol. The zero-order valence-corrected chi connectivity index (χ0v) is 8.28. The molecule has 13 heavy (non-hydrogen) atoms. The molecule has 0 amide bonds. The van der Waals surface area contributed by atoms with Crippen molar-refractivity contribution in [3.8, 4) is 17.1 Å². The minimum absolute atomic E-state index is 0.0395. The zero-order valence-electron chi connectivity index (χ0n) is 6.70. The highest BCUT2D eigenvalue weighted by molar-refractivity contribution is 9.10. The predicted octanol–water partition coefficient (Wildman–Crippen LogP) is 3.41. The topological polar surface area (TPSA) is 33.4 Å². The molecular formula is C10H7BrO2. The minimum Gasteiger partial charge on any atom is -0.480 e. The third-order valence-electron chi connectivity index (χ3n) is 1.80. The number of aromatic hydroxyl groups is 1. The largest absolute Gasteiger partial charge is 0.480 e. The second-order valence-electron chi connectivity index (χ2n) is 2.65. The van der Waals surface area contributed by atoms with Gasteiger partial charge in [-0.15, -0.1) is 0 Å². The van der Waals surface area contributed by atoms with E-state index in [1.54, 1.807) is 6.07 Å². The van der Waals surface area contributed by atoms with E-state index in [2.05, 4.69) is 15.9 Å². The Morgan fingerprint density at radius 1 is 1.08 bits per heavy atom. The number of furan rings is 1. The lowest BCUT2D eigenvalue weighted by Crippen LogP contribution is -1.73. The Bertz CT molecular complexity index is 403. The average Bonchev–Trinajstić information content (AvgIpc) is 2.53. The fourth-order valence-electron chi connectivity index (χ4n) is 1.15. The Hall–Kier alpha value is -1.22. The van der Waals surface area contributed by atoms with Gasteiger partial charge in [0.05, 0.1) is 11.8 Å². The van der Waals surface area contributed by atoms with Crippen LogP contribution >= 0.6 is 15.9 Å². The van der Waals surface area contributed by atoms with Crippen LogP contribution in [0.3, 0.4) is 0 Å². The second kappa shape index (κ2) is 3.26. The molecule has 0 saturated heterocycles. The molecule has 1 heterocycles. The summed E-state index contributed by atoms with van der Waals surface area (Å²) in [5, 5.41) is 9.29. The van der Waals surface area contributed by atoms with Crippen LogP contribution in [0.25, 0.3) is 11.1 Å². The molecule has 0 radical (unpaired) electrons. The van der Waals surface area contributed by atoms with Crippen LogP contribution in [0, 0.1) is 0 Å². The molecule has 0 fully saturated rings. The van der Waals surface area contributed by atoms with Crippen LogP contribution in [0.4, 0.5) is 0 Å². The van der Waals surface area contributed by atoms with Crippen molar-refractivity contribution in [3.05, 3.63) is 41.1 Å². The predicted molar refractivity (Wildman–Crippen MR) is 53.5 cm³/mol. The number of halogens is 1. The Labute approximate surface area is 83.9 Å². The molecule has 2 nitrogen and oxygen atoms in total. The summed E-state index contributed by atoms with van der Waals surface area (Å²) in [7, 11) is 0. The second-order valence-corrected chi connectivity index (χ2v) is 3.56. The summed E-state index contributed by atoms with van der Waals surface area (Å²) in [6, 6.07) is 9.39. The number of hydrogen-bond donors (Lipinski definition) is 1. The van der Waals surface area contributed by atoms with Gasteiger partial charge in [-0.3, -0.25) is 0 Å². The molecule has 0 aliphatic carbocycles. The van der Waals surface area contributed by atoms with Crippen LogP contribution in [-0.2, 0) is 0 Å². The maximum atomic E-state index is 9.29. The Balaban J connectivity index is 2.47. The maximum Gasteiger partial charge on any atom is 0.289 e. The van der Waals surface area contributed by atoms with Crippen molar-refractivity contribution in [2.45, 2.75) is 0 Å². The summed E-state index contributed by atoms with van der Waals surface area (Å²) in [5.74, 6) is -0.0395. The first-order chi connectivity index (χ1) is 6.27. The normalized spacial score (nSPS) is 10.2. The van der Waals surface area contributed by atoms with Gasteiger partial charge in [-0.1, -0.05) is 28.1 Å². The maximum absolute atomic E-state index is 9.29. The summed E-state index contributed by atoms with van der Waals surface area (Å²) in [5.41, 5.74) is 1.65. The molecule has 66 valence electrons. The molecule has 0 aliphatic heterocycles. The van der Waals surface area contributed by atoms with E-state index >= 15 is 0 Å². The SMILES string of the molecule is Oc1occc1-c1ccc(Br)cc1. The molecule has 0 saturated carbocycles. The van der Waals surface area contributed by atoms with Gasteiger partial charge in [-0.2, -0.15) is 0 Å². The van der Waals surface area contributed by atoms with Crippen molar-refractivity contribution < 1.29 is 9.52 Å². The molecule has 0 spiro atoms. The highest BCUT2D eigenvalue weighted by Gasteiger charge is 2.05. The first kappa shape index (κ1) is 8.38. The fraction of sp³-hybridized carbons (Fsp3) is 0. The van der Waals surface area contributed by atoms with Gasteiger partial charge in [0.1, 0.15) is 0 Å². The van der Waals surface area contributed by atoms with Crippen molar-refractivity contribution in [1.29, 1.82) is 0 Å². The molecule has 1 aromatic carbocycles. The van der Waals surface area contributed by atoms with Crippen molar-refractivity contribution in [2.24, 2.45) is 0 Å². The van der Waals surface area contributed by atoms with Gasteiger partial charge in [0.25, 0.3) is 5.95 Å². The lowest BCUT2D eigenvalue weighted by atomic mass is 10.1. The Kier molecular flexibility index (Phi) is 2.10. The van der Waals surface area contributed by atoms with E-state index < -0.39 is 0 Å².